The summed E-state index contributed by atoms with van der Waals surface area (Å²) in [7, 11) is 2.12. The first kappa shape index (κ1) is 26.9. The fourth-order valence-electron chi connectivity index (χ4n) is 6.69. The molecule has 0 saturated heterocycles. The molecule has 0 amide bonds. The van der Waals surface area contributed by atoms with Crippen molar-refractivity contribution in [1.29, 1.82) is 0 Å². The molecule has 2 nitrogen and oxygen atoms in total. The minimum atomic E-state index is 0.915. The van der Waals surface area contributed by atoms with E-state index in [-0.39, 0.29) is 0 Å². The van der Waals surface area contributed by atoms with Crippen molar-refractivity contribution in [3.63, 3.8) is 0 Å². The maximum Gasteiger partial charge on any atom is 0.0426 e. The molecule has 0 bridgehead atoms. The van der Waals surface area contributed by atoms with Gasteiger partial charge in [-0.1, -0.05) is 127 Å². The summed E-state index contributed by atoms with van der Waals surface area (Å²) in [6.45, 7) is 0.915. The zero-order valence-electron chi connectivity index (χ0n) is 25.2. The SMILES string of the molecule is CN1C=CC=C(c2ccc(-c3c4ccccc4c(-c4ccc(-c5cccnc5)cc4)c4cc(-c5ccccc5)ccc34)cc2)C1. The molecule has 1 aromatic heterocycles. The van der Waals surface area contributed by atoms with Crippen molar-refractivity contribution in [2.24, 2.45) is 0 Å². The predicted octanol–water partition coefficient (Wildman–Crippen LogP) is 10.9. The van der Waals surface area contributed by atoms with Gasteiger partial charge in [0.2, 0.25) is 0 Å². The van der Waals surface area contributed by atoms with Crippen molar-refractivity contribution >= 4 is 27.1 Å². The van der Waals surface area contributed by atoms with Crippen LogP contribution in [0.1, 0.15) is 5.56 Å². The first-order valence-electron chi connectivity index (χ1n) is 15.5. The Morgan fingerprint density at radius 3 is 1.71 bits per heavy atom. The molecular weight excluding hydrogens is 544 g/mol. The number of aromatic nitrogens is 1. The van der Waals surface area contributed by atoms with Crippen LogP contribution in [0.25, 0.3) is 71.6 Å². The zero-order valence-corrected chi connectivity index (χ0v) is 25.2. The summed E-state index contributed by atoms with van der Waals surface area (Å²) < 4.78 is 0. The Hall–Kier alpha value is -5.73. The summed E-state index contributed by atoms with van der Waals surface area (Å²) >= 11 is 0. The monoisotopic (exact) mass is 576 g/mol. The Balaban J connectivity index is 1.36. The van der Waals surface area contributed by atoms with Gasteiger partial charge in [0.05, 0.1) is 0 Å². The van der Waals surface area contributed by atoms with Gasteiger partial charge in [-0.25, -0.2) is 0 Å². The number of benzene rings is 6. The molecule has 0 unspecified atom stereocenters. The molecule has 45 heavy (non-hydrogen) atoms. The average Bonchev–Trinajstić information content (AvgIpc) is 3.11. The van der Waals surface area contributed by atoms with E-state index < -0.39 is 0 Å². The van der Waals surface area contributed by atoms with Crippen molar-refractivity contribution in [3.05, 3.63) is 170 Å². The summed E-state index contributed by atoms with van der Waals surface area (Å²) in [5.41, 5.74) is 12.3. The quantitative estimate of drug-likeness (QED) is 0.190. The van der Waals surface area contributed by atoms with Gasteiger partial charge in [0.25, 0.3) is 0 Å². The second-order valence-corrected chi connectivity index (χ2v) is 11.8. The number of hydrogen-bond acceptors (Lipinski definition) is 2. The molecule has 0 atom stereocenters. The third kappa shape index (κ3) is 5.01. The maximum absolute atomic E-state index is 4.33. The summed E-state index contributed by atoms with van der Waals surface area (Å²) in [4.78, 5) is 6.55. The highest BCUT2D eigenvalue weighted by molar-refractivity contribution is 6.22. The van der Waals surface area contributed by atoms with E-state index in [1.807, 2.05) is 18.5 Å². The van der Waals surface area contributed by atoms with Crippen molar-refractivity contribution in [2.75, 3.05) is 13.6 Å². The zero-order chi connectivity index (χ0) is 30.2. The molecule has 1 aliphatic rings. The van der Waals surface area contributed by atoms with Crippen LogP contribution in [0, 0.1) is 0 Å². The third-order valence-corrected chi connectivity index (χ3v) is 8.90. The number of allylic oxidation sites excluding steroid dienone is 2. The minimum Gasteiger partial charge on any atom is -0.376 e. The van der Waals surface area contributed by atoms with Gasteiger partial charge in [-0.15, -0.1) is 0 Å². The van der Waals surface area contributed by atoms with Crippen LogP contribution in [0.5, 0.6) is 0 Å². The van der Waals surface area contributed by atoms with Crippen LogP contribution < -0.4 is 0 Å². The number of hydrogen-bond donors (Lipinski definition) is 0. The minimum absolute atomic E-state index is 0.915. The van der Waals surface area contributed by atoms with Crippen molar-refractivity contribution in [2.45, 2.75) is 0 Å². The Labute approximate surface area is 264 Å². The van der Waals surface area contributed by atoms with Gasteiger partial charge >= 0.3 is 0 Å². The van der Waals surface area contributed by atoms with Crippen LogP contribution in [0.4, 0.5) is 0 Å². The lowest BCUT2D eigenvalue weighted by Crippen LogP contribution is -2.15. The van der Waals surface area contributed by atoms with Crippen molar-refractivity contribution in [1.82, 2.24) is 9.88 Å². The first-order chi connectivity index (χ1) is 22.2. The average molecular weight is 577 g/mol. The van der Waals surface area contributed by atoms with Gasteiger partial charge in [-0.2, -0.15) is 0 Å². The lowest BCUT2D eigenvalue weighted by molar-refractivity contribution is 0.512. The summed E-state index contributed by atoms with van der Waals surface area (Å²) in [5, 5.41) is 5.03. The van der Waals surface area contributed by atoms with Gasteiger partial charge in [0.1, 0.15) is 0 Å². The van der Waals surface area contributed by atoms with E-state index in [9.17, 15) is 0 Å². The van der Waals surface area contributed by atoms with E-state index >= 15 is 0 Å². The Morgan fingerprint density at radius 2 is 1.04 bits per heavy atom. The normalized spacial score (nSPS) is 12.9. The summed E-state index contributed by atoms with van der Waals surface area (Å²) in [6, 6.07) is 48.7. The summed E-state index contributed by atoms with van der Waals surface area (Å²) in [6.07, 6.45) is 10.2. The van der Waals surface area contributed by atoms with Gasteiger partial charge in [-0.3, -0.25) is 4.98 Å². The van der Waals surface area contributed by atoms with Crippen LogP contribution in [0.15, 0.2) is 164 Å². The lowest BCUT2D eigenvalue weighted by Gasteiger charge is -2.21. The van der Waals surface area contributed by atoms with Gasteiger partial charge in [0.15, 0.2) is 0 Å². The smallest absolute Gasteiger partial charge is 0.0426 e. The molecule has 0 fully saturated rings. The highest BCUT2D eigenvalue weighted by Gasteiger charge is 2.18. The molecule has 6 aromatic carbocycles. The number of likely N-dealkylation sites (N-methyl/N-ethyl adjacent to an activating group) is 1. The number of nitrogens with zero attached hydrogens (tertiary/aromatic N) is 2. The number of rotatable bonds is 5. The fourth-order valence-corrected chi connectivity index (χ4v) is 6.69. The van der Waals surface area contributed by atoms with E-state index in [1.54, 1.807) is 0 Å². The molecule has 1 aliphatic heterocycles. The van der Waals surface area contributed by atoms with Crippen LogP contribution in [-0.4, -0.2) is 23.5 Å². The lowest BCUT2D eigenvalue weighted by atomic mass is 9.84. The first-order valence-corrected chi connectivity index (χ1v) is 15.5. The van der Waals surface area contributed by atoms with E-state index in [0.29, 0.717) is 0 Å². The molecular formula is C43H32N2. The van der Waals surface area contributed by atoms with E-state index in [1.165, 1.54) is 66.1 Å². The van der Waals surface area contributed by atoms with Crippen LogP contribution >= 0.6 is 0 Å². The molecule has 7 aromatic rings. The molecule has 2 heteroatoms. The fraction of sp³-hybridized carbons (Fsp3) is 0.0465. The van der Waals surface area contributed by atoms with Crippen molar-refractivity contribution < 1.29 is 0 Å². The summed E-state index contributed by atoms with van der Waals surface area (Å²) in [5.74, 6) is 0. The maximum atomic E-state index is 4.33. The largest absolute Gasteiger partial charge is 0.376 e. The molecule has 2 heterocycles. The van der Waals surface area contributed by atoms with E-state index in [0.717, 1.165) is 17.7 Å². The van der Waals surface area contributed by atoms with Gasteiger partial charge in [0, 0.05) is 26.0 Å². The topological polar surface area (TPSA) is 16.1 Å². The standard InChI is InChI=1S/C43H32N2/c1-45-26-8-12-37(29-45)32-17-21-33(22-18-32)42-38-13-5-6-14-39(38)43(34-19-15-31(16-20-34)36-11-7-25-44-28-36)41-27-35(23-24-40(41)42)30-9-3-2-4-10-30/h2-28H,29H2,1H3. The van der Waals surface area contributed by atoms with Gasteiger partial charge in [-0.05, 0) is 102 Å². The number of fused-ring (bicyclic) bond motifs is 2. The molecule has 0 radical (unpaired) electrons. The molecule has 214 valence electrons. The van der Waals surface area contributed by atoms with Crippen LogP contribution in [0.2, 0.25) is 0 Å². The Bertz CT molecular complexity index is 2210. The number of pyridine rings is 1. The van der Waals surface area contributed by atoms with Crippen molar-refractivity contribution in [3.8, 4) is 44.5 Å². The third-order valence-electron chi connectivity index (χ3n) is 8.90. The Kier molecular flexibility index (Phi) is 6.81. The molecule has 0 N–H and O–H groups in total. The van der Waals surface area contributed by atoms with Crippen LogP contribution in [-0.2, 0) is 0 Å². The highest BCUT2D eigenvalue weighted by Crippen LogP contribution is 2.45. The van der Waals surface area contributed by atoms with Gasteiger partial charge < -0.3 is 4.90 Å². The molecule has 8 rings (SSSR count). The molecule has 0 saturated carbocycles. The molecule has 0 spiro atoms. The second-order valence-electron chi connectivity index (χ2n) is 11.8. The van der Waals surface area contributed by atoms with E-state index in [4.69, 9.17) is 0 Å². The molecule has 0 aliphatic carbocycles. The second kappa shape index (κ2) is 11.4. The highest BCUT2D eigenvalue weighted by atomic mass is 15.1. The van der Waals surface area contributed by atoms with E-state index in [2.05, 4.69) is 163 Å². The Morgan fingerprint density at radius 1 is 0.489 bits per heavy atom. The van der Waals surface area contributed by atoms with Crippen LogP contribution in [0.3, 0.4) is 0 Å². The predicted molar refractivity (Wildman–Crippen MR) is 191 cm³/mol.